The van der Waals surface area contributed by atoms with Crippen LogP contribution in [-0.2, 0) is 4.74 Å². The Labute approximate surface area is 94.9 Å². The fourth-order valence-corrected chi connectivity index (χ4v) is 2.72. The molecule has 84 valence electrons. The molecule has 2 rings (SSSR count). The Bertz CT molecular complexity index is 317. The van der Waals surface area contributed by atoms with E-state index in [9.17, 15) is 5.11 Å². The molecule has 2 atom stereocenters. The number of rotatable bonds is 5. The molecule has 1 aromatic rings. The molecule has 0 spiro atoms. The maximum absolute atomic E-state index is 10.3. The Kier molecular flexibility index (Phi) is 3.44. The van der Waals surface area contributed by atoms with Crippen LogP contribution in [0.3, 0.4) is 0 Å². The van der Waals surface area contributed by atoms with Gasteiger partial charge >= 0.3 is 0 Å². The molecular formula is C12H18O2S. The van der Waals surface area contributed by atoms with Gasteiger partial charge in [-0.05, 0) is 49.6 Å². The van der Waals surface area contributed by atoms with Crippen molar-refractivity contribution in [2.75, 3.05) is 6.61 Å². The third-order valence-electron chi connectivity index (χ3n) is 2.97. The van der Waals surface area contributed by atoms with Gasteiger partial charge in [0.2, 0.25) is 0 Å². The average molecular weight is 226 g/mol. The van der Waals surface area contributed by atoms with Crippen molar-refractivity contribution in [1.82, 2.24) is 0 Å². The van der Waals surface area contributed by atoms with E-state index in [-0.39, 0.29) is 6.10 Å². The summed E-state index contributed by atoms with van der Waals surface area (Å²) in [6.45, 7) is 4.73. The number of hydrogen-bond donors (Lipinski definition) is 1. The summed E-state index contributed by atoms with van der Waals surface area (Å²) in [6.07, 6.45) is 1.96. The lowest BCUT2D eigenvalue weighted by Crippen LogP contribution is -2.24. The predicted octanol–water partition coefficient (Wildman–Crippen LogP) is 2.91. The summed E-state index contributed by atoms with van der Waals surface area (Å²) in [5.74, 6) is 0.569. The highest BCUT2D eigenvalue weighted by atomic mass is 32.1. The molecule has 1 N–H and O–H groups in total. The van der Waals surface area contributed by atoms with Crippen molar-refractivity contribution in [3.8, 4) is 0 Å². The van der Waals surface area contributed by atoms with Gasteiger partial charge in [0.05, 0.1) is 6.10 Å². The lowest BCUT2D eigenvalue weighted by Gasteiger charge is -2.22. The smallest absolute Gasteiger partial charge is 0.106 e. The lowest BCUT2D eigenvalue weighted by atomic mass is 10.0. The summed E-state index contributed by atoms with van der Waals surface area (Å²) >= 11 is 1.68. The number of thiophene rings is 1. The molecule has 0 amide bonds. The van der Waals surface area contributed by atoms with Crippen molar-refractivity contribution in [3.05, 3.63) is 21.9 Å². The normalized spacial score (nSPS) is 20.2. The quantitative estimate of drug-likeness (QED) is 0.836. The first-order valence-corrected chi connectivity index (χ1v) is 6.45. The fraction of sp³-hybridized carbons (Fsp3) is 0.667. The Morgan fingerprint density at radius 2 is 2.33 bits per heavy atom. The monoisotopic (exact) mass is 226 g/mol. The molecule has 2 nitrogen and oxygen atoms in total. The van der Waals surface area contributed by atoms with Crippen LogP contribution in [0.4, 0.5) is 0 Å². The van der Waals surface area contributed by atoms with E-state index < -0.39 is 6.10 Å². The zero-order valence-electron chi connectivity index (χ0n) is 9.27. The molecule has 0 aliphatic heterocycles. The standard InChI is InChI=1S/C12H18O2S/c1-3-14-12(9-4-5-9)11(13)10-6-7-15-8(10)2/h6-7,9,11-13H,3-5H2,1-2H3. The van der Waals surface area contributed by atoms with Crippen LogP contribution in [-0.4, -0.2) is 17.8 Å². The van der Waals surface area contributed by atoms with Crippen LogP contribution in [0.2, 0.25) is 0 Å². The highest BCUT2D eigenvalue weighted by Crippen LogP contribution is 2.41. The first kappa shape index (κ1) is 11.1. The minimum Gasteiger partial charge on any atom is -0.386 e. The average Bonchev–Trinajstić information content (AvgIpc) is 2.97. The molecule has 0 aromatic carbocycles. The van der Waals surface area contributed by atoms with Crippen LogP contribution < -0.4 is 0 Å². The van der Waals surface area contributed by atoms with Gasteiger partial charge in [-0.25, -0.2) is 0 Å². The van der Waals surface area contributed by atoms with Gasteiger partial charge in [0.15, 0.2) is 0 Å². The van der Waals surface area contributed by atoms with Gasteiger partial charge in [0.1, 0.15) is 6.10 Å². The molecule has 1 fully saturated rings. The van der Waals surface area contributed by atoms with E-state index >= 15 is 0 Å². The summed E-state index contributed by atoms with van der Waals surface area (Å²) in [5, 5.41) is 12.3. The number of aliphatic hydroxyl groups is 1. The van der Waals surface area contributed by atoms with Gasteiger partial charge in [-0.3, -0.25) is 0 Å². The second-order valence-electron chi connectivity index (χ2n) is 4.13. The van der Waals surface area contributed by atoms with Gasteiger partial charge in [-0.15, -0.1) is 11.3 Å². The molecule has 1 aromatic heterocycles. The van der Waals surface area contributed by atoms with Gasteiger partial charge in [-0.2, -0.15) is 0 Å². The third-order valence-corrected chi connectivity index (χ3v) is 3.84. The second kappa shape index (κ2) is 4.64. The van der Waals surface area contributed by atoms with E-state index in [0.29, 0.717) is 12.5 Å². The number of aryl methyl sites for hydroxylation is 1. The maximum atomic E-state index is 10.3. The third kappa shape index (κ3) is 2.41. The van der Waals surface area contributed by atoms with Gasteiger partial charge < -0.3 is 9.84 Å². The van der Waals surface area contributed by atoms with Crippen molar-refractivity contribution in [2.24, 2.45) is 5.92 Å². The van der Waals surface area contributed by atoms with E-state index in [4.69, 9.17) is 4.74 Å². The van der Waals surface area contributed by atoms with Crippen molar-refractivity contribution >= 4 is 11.3 Å². The first-order chi connectivity index (χ1) is 7.24. The number of hydrogen-bond acceptors (Lipinski definition) is 3. The largest absolute Gasteiger partial charge is 0.386 e. The summed E-state index contributed by atoms with van der Waals surface area (Å²) in [6, 6.07) is 2.01. The van der Waals surface area contributed by atoms with E-state index in [1.54, 1.807) is 11.3 Å². The first-order valence-electron chi connectivity index (χ1n) is 5.57. The fourth-order valence-electron chi connectivity index (χ4n) is 1.98. The molecule has 15 heavy (non-hydrogen) atoms. The molecule has 2 unspecified atom stereocenters. The Hall–Kier alpha value is -0.380. The molecule has 0 radical (unpaired) electrons. The molecule has 3 heteroatoms. The molecule has 1 aliphatic carbocycles. The van der Waals surface area contributed by atoms with Crippen molar-refractivity contribution in [3.63, 3.8) is 0 Å². The van der Waals surface area contributed by atoms with Crippen molar-refractivity contribution in [1.29, 1.82) is 0 Å². The van der Waals surface area contributed by atoms with Crippen molar-refractivity contribution < 1.29 is 9.84 Å². The summed E-state index contributed by atoms with van der Waals surface area (Å²) < 4.78 is 5.66. The van der Waals surface area contributed by atoms with Crippen LogP contribution in [0.15, 0.2) is 11.4 Å². The van der Waals surface area contributed by atoms with Crippen LogP contribution in [0, 0.1) is 12.8 Å². The van der Waals surface area contributed by atoms with Gasteiger partial charge in [-0.1, -0.05) is 0 Å². The number of ether oxygens (including phenoxy) is 1. The van der Waals surface area contributed by atoms with E-state index in [1.807, 2.05) is 18.4 Å². The Morgan fingerprint density at radius 3 is 2.80 bits per heavy atom. The molecular weight excluding hydrogens is 208 g/mol. The summed E-state index contributed by atoms with van der Waals surface area (Å²) in [5.41, 5.74) is 1.05. The molecule has 1 saturated carbocycles. The van der Waals surface area contributed by atoms with Crippen LogP contribution in [0.25, 0.3) is 0 Å². The van der Waals surface area contributed by atoms with E-state index in [2.05, 4.69) is 6.92 Å². The topological polar surface area (TPSA) is 29.5 Å². The lowest BCUT2D eigenvalue weighted by molar-refractivity contribution is -0.0462. The molecule has 1 aliphatic rings. The summed E-state index contributed by atoms with van der Waals surface area (Å²) in [4.78, 5) is 1.20. The SMILES string of the molecule is CCOC(C1CC1)C(O)c1ccsc1C. The highest BCUT2D eigenvalue weighted by molar-refractivity contribution is 7.10. The van der Waals surface area contributed by atoms with Crippen LogP contribution in [0.5, 0.6) is 0 Å². The predicted molar refractivity (Wildman–Crippen MR) is 62.2 cm³/mol. The zero-order chi connectivity index (χ0) is 10.8. The minimum atomic E-state index is -0.441. The molecule has 0 saturated heterocycles. The number of aliphatic hydroxyl groups excluding tert-OH is 1. The highest BCUT2D eigenvalue weighted by Gasteiger charge is 2.37. The second-order valence-corrected chi connectivity index (χ2v) is 5.25. The summed E-state index contributed by atoms with van der Waals surface area (Å²) in [7, 11) is 0. The van der Waals surface area contributed by atoms with Crippen LogP contribution >= 0.6 is 11.3 Å². The zero-order valence-corrected chi connectivity index (χ0v) is 10.1. The molecule has 1 heterocycles. The van der Waals surface area contributed by atoms with Gasteiger partial charge in [0.25, 0.3) is 0 Å². The maximum Gasteiger partial charge on any atom is 0.106 e. The van der Waals surface area contributed by atoms with E-state index in [1.165, 1.54) is 17.7 Å². The Balaban J connectivity index is 2.10. The molecule has 0 bridgehead atoms. The van der Waals surface area contributed by atoms with E-state index in [0.717, 1.165) is 5.56 Å². The van der Waals surface area contributed by atoms with Gasteiger partial charge in [0, 0.05) is 11.5 Å². The minimum absolute atomic E-state index is 0.00306. The van der Waals surface area contributed by atoms with Crippen LogP contribution in [0.1, 0.15) is 36.3 Å². The Morgan fingerprint density at radius 1 is 1.60 bits per heavy atom. The van der Waals surface area contributed by atoms with Crippen molar-refractivity contribution in [2.45, 2.75) is 38.9 Å².